The van der Waals surface area contributed by atoms with Gasteiger partial charge in [0, 0.05) is 42.6 Å². The number of hydrogen-bond acceptors (Lipinski definition) is 9. The minimum Gasteiger partial charge on any atom is -0.461 e. The molecule has 2 aromatic heterocycles. The number of nitrogens with one attached hydrogen (secondary N) is 1. The molecule has 8 rings (SSSR count). The number of thiazole rings is 1. The van der Waals surface area contributed by atoms with Gasteiger partial charge in [0.15, 0.2) is 10.9 Å². The minimum absolute atomic E-state index is 0.0954. The number of nitrogen functional groups attached to an aromatic ring is 1. The number of alkyl halides is 1. The summed E-state index contributed by atoms with van der Waals surface area (Å²) in [4.78, 5) is 18.2. The fourth-order valence-corrected chi connectivity index (χ4v) is 8.73. The van der Waals surface area contributed by atoms with E-state index in [1.54, 1.807) is 6.07 Å². The van der Waals surface area contributed by atoms with Crippen LogP contribution in [0.15, 0.2) is 24.3 Å². The number of aromatic nitrogens is 3. The van der Waals surface area contributed by atoms with Crippen molar-refractivity contribution in [3.05, 3.63) is 35.9 Å². The van der Waals surface area contributed by atoms with Crippen LogP contribution in [-0.4, -0.2) is 77.4 Å². The van der Waals surface area contributed by atoms with Crippen LogP contribution < -0.4 is 20.7 Å². The van der Waals surface area contributed by atoms with Gasteiger partial charge in [-0.25, -0.2) is 18.2 Å². The lowest BCUT2D eigenvalue weighted by Gasteiger charge is -2.31. The summed E-state index contributed by atoms with van der Waals surface area (Å²) in [5.74, 6) is 0.723. The van der Waals surface area contributed by atoms with E-state index in [1.807, 2.05) is 6.07 Å². The number of nitrogens with two attached hydrogens (primary N) is 1. The monoisotopic (exact) mass is 609 g/mol. The Morgan fingerprint density at radius 1 is 1.00 bits per heavy atom. The van der Waals surface area contributed by atoms with Crippen molar-refractivity contribution in [3.63, 3.8) is 0 Å². The average Bonchev–Trinajstić information content (AvgIpc) is 3.72. The molecular formula is C31H34F3N7OS. The molecule has 4 saturated heterocycles. The van der Waals surface area contributed by atoms with Crippen LogP contribution in [-0.2, 0) is 0 Å². The second-order valence-electron chi connectivity index (χ2n) is 12.6. The highest BCUT2D eigenvalue weighted by Crippen LogP contribution is 2.43. The molecule has 8 nitrogen and oxygen atoms in total. The Labute approximate surface area is 251 Å². The van der Waals surface area contributed by atoms with E-state index in [2.05, 4.69) is 25.1 Å². The van der Waals surface area contributed by atoms with Gasteiger partial charge in [0.1, 0.15) is 29.9 Å². The SMILES string of the molecule is Nc1nc2c(-c3ccc4c(N5C[C@H]6CCNCC[C@H]6C5)nc(OC[C@@]56CCCN5C[C@H](F)C6)nc4c3F)ccc(F)c2s1. The van der Waals surface area contributed by atoms with E-state index < -0.39 is 17.8 Å². The fourth-order valence-electron chi connectivity index (χ4n) is 7.96. The predicted molar refractivity (Wildman–Crippen MR) is 162 cm³/mol. The Morgan fingerprint density at radius 2 is 1.79 bits per heavy atom. The van der Waals surface area contributed by atoms with Crippen molar-refractivity contribution in [2.24, 2.45) is 11.8 Å². The molecule has 12 heteroatoms. The third-order valence-electron chi connectivity index (χ3n) is 10.1. The Hall–Kier alpha value is -3.22. The topological polar surface area (TPSA) is 92.4 Å². The first-order valence-electron chi connectivity index (χ1n) is 15.2. The van der Waals surface area contributed by atoms with E-state index in [4.69, 9.17) is 15.5 Å². The van der Waals surface area contributed by atoms with E-state index in [1.165, 1.54) is 12.1 Å². The third kappa shape index (κ3) is 4.60. The van der Waals surface area contributed by atoms with E-state index in [9.17, 15) is 8.78 Å². The predicted octanol–water partition coefficient (Wildman–Crippen LogP) is 5.16. The maximum Gasteiger partial charge on any atom is 0.319 e. The number of hydrogen-bond donors (Lipinski definition) is 2. The Bertz CT molecular complexity index is 1700. The van der Waals surface area contributed by atoms with Gasteiger partial charge in [-0.05, 0) is 75.4 Å². The molecule has 0 aliphatic carbocycles. The summed E-state index contributed by atoms with van der Waals surface area (Å²) in [6.45, 7) is 5.18. The zero-order chi connectivity index (χ0) is 29.3. The van der Waals surface area contributed by atoms with Gasteiger partial charge in [0.2, 0.25) is 0 Å². The number of benzene rings is 2. The molecule has 0 spiro atoms. The van der Waals surface area contributed by atoms with Gasteiger partial charge in [-0.2, -0.15) is 9.97 Å². The summed E-state index contributed by atoms with van der Waals surface area (Å²) in [6, 6.07) is 6.48. The van der Waals surface area contributed by atoms with Gasteiger partial charge in [-0.3, -0.25) is 4.90 Å². The zero-order valence-electron chi connectivity index (χ0n) is 23.8. The second-order valence-corrected chi connectivity index (χ2v) is 13.6. The van der Waals surface area contributed by atoms with E-state index >= 15 is 4.39 Å². The van der Waals surface area contributed by atoms with Crippen molar-refractivity contribution in [3.8, 4) is 17.1 Å². The number of rotatable bonds is 5. The van der Waals surface area contributed by atoms with Crippen LogP contribution in [0.1, 0.15) is 32.1 Å². The number of anilines is 2. The number of fused-ring (bicyclic) bond motifs is 4. The van der Waals surface area contributed by atoms with Crippen molar-refractivity contribution >= 4 is 43.4 Å². The van der Waals surface area contributed by atoms with Gasteiger partial charge in [0.25, 0.3) is 0 Å². The molecule has 0 bridgehead atoms. The summed E-state index contributed by atoms with van der Waals surface area (Å²) in [5, 5.41) is 4.32. The van der Waals surface area contributed by atoms with Crippen molar-refractivity contribution in [2.75, 3.05) is 56.5 Å². The number of halogens is 3. The van der Waals surface area contributed by atoms with E-state index in [-0.39, 0.29) is 39.1 Å². The van der Waals surface area contributed by atoms with Crippen LogP contribution in [0, 0.1) is 23.5 Å². The van der Waals surface area contributed by atoms with Crippen LogP contribution in [0.4, 0.5) is 24.1 Å². The van der Waals surface area contributed by atoms with Crippen molar-refractivity contribution in [2.45, 2.75) is 43.8 Å². The highest BCUT2D eigenvalue weighted by molar-refractivity contribution is 7.22. The minimum atomic E-state index is -0.879. The van der Waals surface area contributed by atoms with Gasteiger partial charge in [-0.1, -0.05) is 17.4 Å². The van der Waals surface area contributed by atoms with Crippen molar-refractivity contribution in [1.29, 1.82) is 0 Å². The standard InChI is InChI=1S/C31H34F3N7OS/c32-19-12-31(8-1-11-41(31)15-19)16-42-30-38-25-22(28(39-30)40-13-17-6-9-36-10-7-18(17)14-40)3-2-20(24(25)34)21-4-5-23(33)27-26(21)37-29(35)43-27/h2-5,17-19,36H,1,6-16H2,(H2,35,37)/t17-,18+,19-,31+/m1/s1. The summed E-state index contributed by atoms with van der Waals surface area (Å²) in [6.07, 6.45) is 3.57. The summed E-state index contributed by atoms with van der Waals surface area (Å²) >= 11 is 1.04. The number of ether oxygens (including phenoxy) is 1. The Morgan fingerprint density at radius 3 is 2.60 bits per heavy atom. The van der Waals surface area contributed by atoms with Crippen LogP contribution in [0.3, 0.4) is 0 Å². The molecule has 2 aromatic carbocycles. The smallest absolute Gasteiger partial charge is 0.319 e. The molecule has 6 heterocycles. The maximum absolute atomic E-state index is 16.6. The first-order valence-corrected chi connectivity index (χ1v) is 16.0. The van der Waals surface area contributed by atoms with Crippen LogP contribution in [0.25, 0.3) is 32.2 Å². The first-order chi connectivity index (χ1) is 20.9. The molecule has 4 fully saturated rings. The second kappa shape index (κ2) is 10.4. The average molecular weight is 610 g/mol. The largest absolute Gasteiger partial charge is 0.461 e. The third-order valence-corrected chi connectivity index (χ3v) is 11.0. The molecule has 3 N–H and O–H groups in total. The highest BCUT2D eigenvalue weighted by atomic mass is 32.1. The highest BCUT2D eigenvalue weighted by Gasteiger charge is 2.49. The van der Waals surface area contributed by atoms with Gasteiger partial charge >= 0.3 is 6.01 Å². The molecule has 4 aliphatic heterocycles. The summed E-state index contributed by atoms with van der Waals surface area (Å²) < 4.78 is 52.2. The summed E-state index contributed by atoms with van der Waals surface area (Å²) in [7, 11) is 0. The molecule has 226 valence electrons. The summed E-state index contributed by atoms with van der Waals surface area (Å²) in [5.41, 5.74) is 6.70. The van der Waals surface area contributed by atoms with Crippen LogP contribution >= 0.6 is 11.3 Å². The quantitative estimate of drug-likeness (QED) is 0.321. The van der Waals surface area contributed by atoms with Crippen molar-refractivity contribution < 1.29 is 17.9 Å². The molecule has 0 amide bonds. The zero-order valence-corrected chi connectivity index (χ0v) is 24.6. The van der Waals surface area contributed by atoms with Crippen molar-refractivity contribution in [1.82, 2.24) is 25.2 Å². The van der Waals surface area contributed by atoms with E-state index in [0.717, 1.165) is 69.7 Å². The molecule has 0 radical (unpaired) electrons. The normalized spacial score (nSPS) is 27.6. The molecule has 0 unspecified atom stereocenters. The Balaban J connectivity index is 1.22. The van der Waals surface area contributed by atoms with Gasteiger partial charge in [-0.15, -0.1) is 0 Å². The van der Waals surface area contributed by atoms with Crippen LogP contribution in [0.5, 0.6) is 6.01 Å². The lowest BCUT2D eigenvalue weighted by atomic mass is 9.92. The molecule has 4 atom stereocenters. The van der Waals surface area contributed by atoms with Gasteiger partial charge in [0.05, 0.1) is 15.8 Å². The molecule has 43 heavy (non-hydrogen) atoms. The lowest BCUT2D eigenvalue weighted by Crippen LogP contribution is -2.43. The molecular weight excluding hydrogens is 575 g/mol. The van der Waals surface area contributed by atoms with E-state index in [0.29, 0.717) is 47.1 Å². The van der Waals surface area contributed by atoms with Gasteiger partial charge < -0.3 is 20.7 Å². The first kappa shape index (κ1) is 27.3. The molecule has 4 aliphatic rings. The number of nitrogens with zero attached hydrogens (tertiary/aromatic N) is 5. The molecule has 4 aromatic rings. The fraction of sp³-hybridized carbons (Fsp3) is 0.516. The molecule has 0 saturated carbocycles. The lowest BCUT2D eigenvalue weighted by molar-refractivity contribution is 0.107. The maximum atomic E-state index is 16.6. The van der Waals surface area contributed by atoms with Crippen LogP contribution in [0.2, 0.25) is 0 Å². The Kier molecular flexibility index (Phi) is 6.64.